The van der Waals surface area contributed by atoms with Crippen LogP contribution >= 0.6 is 0 Å². The minimum Gasteiger partial charge on any atom is -0.478 e. The first-order valence-electron chi connectivity index (χ1n) is 9.59. The lowest BCUT2D eigenvalue weighted by Crippen LogP contribution is -2.34. The Morgan fingerprint density at radius 2 is 1.41 bits per heavy atom. The molecule has 0 atom stereocenters. The van der Waals surface area contributed by atoms with E-state index in [9.17, 15) is 18.0 Å². The number of rotatable bonds is 3. The largest absolute Gasteiger partial charge is 0.478 e. The first kappa shape index (κ1) is 21.2. The van der Waals surface area contributed by atoms with E-state index in [0.29, 0.717) is 5.56 Å². The van der Waals surface area contributed by atoms with E-state index < -0.39 is 17.7 Å². The van der Waals surface area contributed by atoms with E-state index in [-0.39, 0.29) is 22.0 Å². The summed E-state index contributed by atoms with van der Waals surface area (Å²) in [5.74, 6) is -1.11. The lowest BCUT2D eigenvalue weighted by molar-refractivity contribution is -0.0683. The van der Waals surface area contributed by atoms with E-state index >= 15 is 0 Å². The number of allylic oxidation sites excluding steroid dienone is 1. The summed E-state index contributed by atoms with van der Waals surface area (Å²) in [6.07, 6.45) is -1.55. The highest BCUT2D eigenvalue weighted by Crippen LogP contribution is 2.47. The molecule has 2 aromatic rings. The van der Waals surface area contributed by atoms with Gasteiger partial charge < -0.3 is 5.11 Å². The van der Waals surface area contributed by atoms with Crippen LogP contribution in [0.5, 0.6) is 0 Å². The van der Waals surface area contributed by atoms with Crippen molar-refractivity contribution in [2.75, 3.05) is 0 Å². The lowest BCUT2D eigenvalue weighted by atomic mass is 9.63. The summed E-state index contributed by atoms with van der Waals surface area (Å²) >= 11 is 0. The van der Waals surface area contributed by atoms with E-state index in [1.807, 2.05) is 6.07 Å². The van der Waals surface area contributed by atoms with Gasteiger partial charge in [-0.15, -0.1) is 0 Å². The van der Waals surface area contributed by atoms with Gasteiger partial charge in [-0.3, -0.25) is 0 Å². The third-order valence-electron chi connectivity index (χ3n) is 5.94. The van der Waals surface area contributed by atoms with Gasteiger partial charge in [0, 0.05) is 0 Å². The molecule has 0 saturated heterocycles. The first-order valence-corrected chi connectivity index (χ1v) is 9.59. The molecular weight excluding hydrogens is 377 g/mol. The molecule has 154 valence electrons. The van der Waals surface area contributed by atoms with Gasteiger partial charge in [0.1, 0.15) is 0 Å². The molecule has 5 heteroatoms. The van der Waals surface area contributed by atoms with Crippen molar-refractivity contribution in [3.05, 3.63) is 70.3 Å². The van der Waals surface area contributed by atoms with Crippen LogP contribution in [-0.2, 0) is 10.8 Å². The molecule has 0 unspecified atom stereocenters. The Hall–Kier alpha value is -2.56. The summed E-state index contributed by atoms with van der Waals surface area (Å²) < 4.78 is 41.7. The zero-order valence-electron chi connectivity index (χ0n) is 17.0. The molecule has 1 aliphatic rings. The maximum atomic E-state index is 13.9. The molecule has 0 heterocycles. The number of aromatic carboxylic acids is 1. The van der Waals surface area contributed by atoms with Crippen LogP contribution in [0.1, 0.15) is 73.1 Å². The molecular formula is C24H25F3O2. The maximum absolute atomic E-state index is 13.9. The van der Waals surface area contributed by atoms with Crippen LogP contribution in [0, 0.1) is 0 Å². The van der Waals surface area contributed by atoms with E-state index in [2.05, 4.69) is 27.7 Å². The molecule has 29 heavy (non-hydrogen) atoms. The highest BCUT2D eigenvalue weighted by Gasteiger charge is 2.39. The Labute approximate surface area is 169 Å². The second kappa shape index (κ2) is 7.05. The number of halogens is 3. The van der Waals surface area contributed by atoms with Crippen molar-refractivity contribution in [1.82, 2.24) is 0 Å². The Morgan fingerprint density at radius 1 is 0.897 bits per heavy atom. The van der Waals surface area contributed by atoms with Gasteiger partial charge in [0.25, 0.3) is 0 Å². The number of fused-ring (bicyclic) bond motifs is 1. The number of carboxylic acid groups (broad SMARTS) is 1. The average molecular weight is 402 g/mol. The van der Waals surface area contributed by atoms with E-state index in [1.54, 1.807) is 12.1 Å². The molecule has 0 bridgehead atoms. The van der Waals surface area contributed by atoms with E-state index in [0.717, 1.165) is 30.0 Å². The normalized spacial score (nSPS) is 18.2. The minimum absolute atomic E-state index is 0.0356. The fourth-order valence-electron chi connectivity index (χ4n) is 3.97. The lowest BCUT2D eigenvalue weighted by Gasteiger charge is -2.42. The Balaban J connectivity index is 2.13. The van der Waals surface area contributed by atoms with Gasteiger partial charge in [0.2, 0.25) is 0 Å². The molecule has 0 saturated carbocycles. The number of alkyl halides is 3. The number of hydrogen-bond donors (Lipinski definition) is 1. The first-order chi connectivity index (χ1) is 13.3. The quantitative estimate of drug-likeness (QED) is 0.571. The Kier molecular flexibility index (Phi) is 5.14. The zero-order valence-corrected chi connectivity index (χ0v) is 17.0. The standard InChI is InChI=1S/C24H25F3O2/c1-22(2)11-12-23(3,4)20-14-17(9-10-18(20)22)19(24(25,26)27)13-15-5-7-16(8-6-15)21(28)29/h5-10,13-14H,11-12H2,1-4H3,(H,28,29)/b19-13-. The fraction of sp³-hybridized carbons (Fsp3) is 0.375. The number of hydrogen-bond acceptors (Lipinski definition) is 1. The van der Waals surface area contributed by atoms with Gasteiger partial charge in [0.05, 0.1) is 11.1 Å². The molecule has 3 rings (SSSR count). The molecule has 0 amide bonds. The molecule has 1 N–H and O–H groups in total. The van der Waals surface area contributed by atoms with Gasteiger partial charge in [-0.05, 0) is 64.1 Å². The monoisotopic (exact) mass is 402 g/mol. The second-order valence-corrected chi connectivity index (χ2v) is 9.01. The topological polar surface area (TPSA) is 37.3 Å². The molecule has 1 aliphatic carbocycles. The molecule has 2 aromatic carbocycles. The second-order valence-electron chi connectivity index (χ2n) is 9.01. The molecule has 0 radical (unpaired) electrons. The zero-order chi connectivity index (χ0) is 21.6. The maximum Gasteiger partial charge on any atom is 0.417 e. The minimum atomic E-state index is -4.53. The molecule has 0 aromatic heterocycles. The van der Waals surface area contributed by atoms with Crippen molar-refractivity contribution in [2.45, 2.75) is 57.5 Å². The summed E-state index contributed by atoms with van der Waals surface area (Å²) in [7, 11) is 0. The average Bonchev–Trinajstić information content (AvgIpc) is 2.63. The predicted octanol–water partition coefficient (Wildman–Crippen LogP) is 6.84. The summed E-state index contributed by atoms with van der Waals surface area (Å²) in [4.78, 5) is 11.0. The van der Waals surface area contributed by atoms with Crippen LogP contribution in [0.15, 0.2) is 42.5 Å². The Bertz CT molecular complexity index is 965. The van der Waals surface area contributed by atoms with Crippen LogP contribution in [0.25, 0.3) is 11.6 Å². The summed E-state index contributed by atoms with van der Waals surface area (Å²) in [6.45, 7) is 8.41. The summed E-state index contributed by atoms with van der Waals surface area (Å²) in [6, 6.07) is 10.5. The van der Waals surface area contributed by atoms with Gasteiger partial charge in [-0.25, -0.2) is 4.79 Å². The molecule has 0 aliphatic heterocycles. The van der Waals surface area contributed by atoms with Crippen molar-refractivity contribution in [3.63, 3.8) is 0 Å². The van der Waals surface area contributed by atoms with Crippen molar-refractivity contribution in [2.24, 2.45) is 0 Å². The Morgan fingerprint density at radius 3 is 1.93 bits per heavy atom. The SMILES string of the molecule is CC1(C)CCC(C)(C)c2cc(/C(=C/c3ccc(C(=O)O)cc3)C(F)(F)F)ccc21. The number of carboxylic acids is 1. The van der Waals surface area contributed by atoms with E-state index in [1.165, 1.54) is 24.3 Å². The summed E-state index contributed by atoms with van der Waals surface area (Å²) in [5, 5.41) is 8.97. The van der Waals surface area contributed by atoms with Gasteiger partial charge >= 0.3 is 12.1 Å². The van der Waals surface area contributed by atoms with Crippen molar-refractivity contribution >= 4 is 17.6 Å². The van der Waals surface area contributed by atoms with Gasteiger partial charge in [-0.2, -0.15) is 13.2 Å². The fourth-order valence-corrected chi connectivity index (χ4v) is 3.97. The highest BCUT2D eigenvalue weighted by atomic mass is 19.4. The molecule has 0 fully saturated rings. The predicted molar refractivity (Wildman–Crippen MR) is 109 cm³/mol. The van der Waals surface area contributed by atoms with Crippen LogP contribution in [0.2, 0.25) is 0 Å². The number of carbonyl (C=O) groups is 1. The highest BCUT2D eigenvalue weighted by molar-refractivity contribution is 5.89. The third-order valence-corrected chi connectivity index (χ3v) is 5.94. The van der Waals surface area contributed by atoms with Crippen LogP contribution in [0.3, 0.4) is 0 Å². The smallest absolute Gasteiger partial charge is 0.417 e. The van der Waals surface area contributed by atoms with Gasteiger partial charge in [-0.1, -0.05) is 58.0 Å². The van der Waals surface area contributed by atoms with Crippen molar-refractivity contribution in [3.8, 4) is 0 Å². The van der Waals surface area contributed by atoms with Crippen LogP contribution in [0.4, 0.5) is 13.2 Å². The van der Waals surface area contributed by atoms with Crippen molar-refractivity contribution in [1.29, 1.82) is 0 Å². The molecule has 0 spiro atoms. The third kappa shape index (κ3) is 4.24. The van der Waals surface area contributed by atoms with Gasteiger partial charge in [0.15, 0.2) is 0 Å². The van der Waals surface area contributed by atoms with Crippen LogP contribution in [-0.4, -0.2) is 17.3 Å². The van der Waals surface area contributed by atoms with E-state index in [4.69, 9.17) is 5.11 Å². The van der Waals surface area contributed by atoms with Crippen LogP contribution < -0.4 is 0 Å². The summed E-state index contributed by atoms with van der Waals surface area (Å²) in [5.41, 5.74) is 1.53. The van der Waals surface area contributed by atoms with Crippen molar-refractivity contribution < 1.29 is 23.1 Å². The number of benzene rings is 2. The molecule has 2 nitrogen and oxygen atoms in total.